The lowest BCUT2D eigenvalue weighted by Gasteiger charge is -2.37. The molecule has 0 aliphatic heterocycles. The van der Waals surface area contributed by atoms with Gasteiger partial charge in [-0.05, 0) is 24.8 Å². The van der Waals surface area contributed by atoms with E-state index in [2.05, 4.69) is 20.6 Å². The lowest BCUT2D eigenvalue weighted by atomic mass is 9.75. The number of aliphatic hydroxyl groups is 1. The number of nitrogens with zero attached hydrogens (tertiary/aromatic N) is 3. The SMILES string of the molecule is Cn1cc([C@@H](NC(=O)Cc2[nH]nc3ccccc23)C2CC(O)C2)cn1. The lowest BCUT2D eigenvalue weighted by Crippen LogP contribution is -2.41. The van der Waals surface area contributed by atoms with E-state index in [1.807, 2.05) is 37.5 Å². The molecule has 25 heavy (non-hydrogen) atoms. The van der Waals surface area contributed by atoms with Gasteiger partial charge in [0.1, 0.15) is 0 Å². The van der Waals surface area contributed by atoms with Gasteiger partial charge in [0, 0.05) is 24.2 Å². The summed E-state index contributed by atoms with van der Waals surface area (Å²) in [4.78, 5) is 12.6. The van der Waals surface area contributed by atoms with Crippen molar-refractivity contribution in [3.63, 3.8) is 0 Å². The Morgan fingerprint density at radius 1 is 1.44 bits per heavy atom. The maximum absolute atomic E-state index is 12.6. The molecule has 3 N–H and O–H groups in total. The average Bonchev–Trinajstić information content (AvgIpc) is 3.17. The van der Waals surface area contributed by atoms with Crippen molar-refractivity contribution in [2.45, 2.75) is 31.4 Å². The average molecular weight is 339 g/mol. The minimum absolute atomic E-state index is 0.0651. The Labute approximate surface area is 145 Å². The molecule has 0 saturated heterocycles. The molecule has 2 aromatic heterocycles. The van der Waals surface area contributed by atoms with Gasteiger partial charge in [0.05, 0.1) is 36.0 Å². The summed E-state index contributed by atoms with van der Waals surface area (Å²) >= 11 is 0. The van der Waals surface area contributed by atoms with Crippen LogP contribution in [0.2, 0.25) is 0 Å². The van der Waals surface area contributed by atoms with E-state index in [-0.39, 0.29) is 30.4 Å². The topological polar surface area (TPSA) is 95.8 Å². The van der Waals surface area contributed by atoms with Crippen LogP contribution in [0.25, 0.3) is 10.9 Å². The fourth-order valence-corrected chi connectivity index (χ4v) is 3.51. The van der Waals surface area contributed by atoms with Crippen LogP contribution in [0.4, 0.5) is 0 Å². The first-order chi connectivity index (χ1) is 12.1. The standard InChI is InChI=1S/C18H21N5O2/c1-23-10-12(9-19-23)18(11-6-13(24)7-11)20-17(25)8-16-14-4-2-3-5-15(14)21-22-16/h2-5,9-11,13,18,24H,6-8H2,1H3,(H,20,25)(H,21,22)/t11?,13?,18-/m0/s1. The molecule has 4 rings (SSSR count). The third kappa shape index (κ3) is 3.15. The first kappa shape index (κ1) is 15.8. The summed E-state index contributed by atoms with van der Waals surface area (Å²) in [6, 6.07) is 7.61. The van der Waals surface area contributed by atoms with E-state index in [1.165, 1.54) is 0 Å². The maximum Gasteiger partial charge on any atom is 0.226 e. The number of fused-ring (bicyclic) bond motifs is 1. The van der Waals surface area contributed by atoms with Gasteiger partial charge in [-0.15, -0.1) is 0 Å². The highest BCUT2D eigenvalue weighted by atomic mass is 16.3. The van der Waals surface area contributed by atoms with Crippen LogP contribution < -0.4 is 5.32 Å². The summed E-state index contributed by atoms with van der Waals surface area (Å²) in [5.74, 6) is 0.173. The summed E-state index contributed by atoms with van der Waals surface area (Å²) in [6.07, 6.45) is 5.08. The molecule has 2 heterocycles. The number of amides is 1. The smallest absolute Gasteiger partial charge is 0.226 e. The van der Waals surface area contributed by atoms with Crippen molar-refractivity contribution in [1.29, 1.82) is 0 Å². The Balaban J connectivity index is 1.50. The largest absolute Gasteiger partial charge is 0.393 e. The van der Waals surface area contributed by atoms with E-state index in [0.717, 1.165) is 22.2 Å². The second kappa shape index (κ2) is 6.33. The molecular formula is C18H21N5O2. The third-order valence-electron chi connectivity index (χ3n) is 4.90. The van der Waals surface area contributed by atoms with Crippen molar-refractivity contribution in [2.75, 3.05) is 0 Å². The number of rotatable bonds is 5. The Hall–Kier alpha value is -2.67. The minimum atomic E-state index is -0.266. The monoisotopic (exact) mass is 339 g/mol. The molecule has 1 amide bonds. The number of hydrogen-bond acceptors (Lipinski definition) is 4. The van der Waals surface area contributed by atoms with Crippen LogP contribution in [-0.2, 0) is 18.3 Å². The zero-order valence-corrected chi connectivity index (χ0v) is 14.0. The molecule has 1 saturated carbocycles. The number of para-hydroxylation sites is 1. The van der Waals surface area contributed by atoms with E-state index < -0.39 is 0 Å². The second-order valence-corrected chi connectivity index (χ2v) is 6.77. The van der Waals surface area contributed by atoms with Gasteiger partial charge in [-0.2, -0.15) is 10.2 Å². The molecule has 1 aliphatic rings. The van der Waals surface area contributed by atoms with Crippen molar-refractivity contribution >= 4 is 16.8 Å². The molecule has 0 bridgehead atoms. The van der Waals surface area contributed by atoms with Gasteiger partial charge in [-0.25, -0.2) is 0 Å². The molecule has 0 spiro atoms. The molecule has 0 radical (unpaired) electrons. The number of H-pyrrole nitrogens is 1. The summed E-state index contributed by atoms with van der Waals surface area (Å²) in [7, 11) is 1.86. The maximum atomic E-state index is 12.6. The first-order valence-corrected chi connectivity index (χ1v) is 8.48. The summed E-state index contributed by atoms with van der Waals surface area (Å²) in [5.41, 5.74) is 2.64. The molecule has 1 aromatic carbocycles. The van der Waals surface area contributed by atoms with Crippen LogP contribution >= 0.6 is 0 Å². The van der Waals surface area contributed by atoms with E-state index in [0.29, 0.717) is 12.8 Å². The number of aliphatic hydroxyl groups excluding tert-OH is 1. The predicted octanol–water partition coefficient (Wildman–Crippen LogP) is 1.47. The number of aryl methyl sites for hydroxylation is 1. The van der Waals surface area contributed by atoms with E-state index in [4.69, 9.17) is 0 Å². The summed E-state index contributed by atoms with van der Waals surface area (Å²) < 4.78 is 1.73. The summed E-state index contributed by atoms with van der Waals surface area (Å²) in [6.45, 7) is 0. The molecule has 7 heteroatoms. The number of hydrogen-bond donors (Lipinski definition) is 3. The normalized spacial score (nSPS) is 21.0. The Morgan fingerprint density at radius 2 is 2.24 bits per heavy atom. The Bertz CT molecular complexity index is 894. The lowest BCUT2D eigenvalue weighted by molar-refractivity contribution is -0.122. The van der Waals surface area contributed by atoms with Crippen molar-refractivity contribution in [3.8, 4) is 0 Å². The number of aromatic amines is 1. The van der Waals surface area contributed by atoms with E-state index in [1.54, 1.807) is 10.9 Å². The fourth-order valence-electron chi connectivity index (χ4n) is 3.51. The molecule has 3 aromatic rings. The molecule has 0 unspecified atom stereocenters. The van der Waals surface area contributed by atoms with Crippen LogP contribution in [0.1, 0.15) is 30.1 Å². The Kier molecular flexibility index (Phi) is 4.01. The van der Waals surface area contributed by atoms with Crippen molar-refractivity contribution < 1.29 is 9.90 Å². The Morgan fingerprint density at radius 3 is 2.96 bits per heavy atom. The minimum Gasteiger partial charge on any atom is -0.393 e. The number of carbonyl (C=O) groups is 1. The van der Waals surface area contributed by atoms with Gasteiger partial charge in [-0.3, -0.25) is 14.6 Å². The van der Waals surface area contributed by atoms with Gasteiger partial charge in [-0.1, -0.05) is 18.2 Å². The molecule has 130 valence electrons. The van der Waals surface area contributed by atoms with Crippen LogP contribution in [0.15, 0.2) is 36.7 Å². The first-order valence-electron chi connectivity index (χ1n) is 8.48. The van der Waals surface area contributed by atoms with Gasteiger partial charge in [0.15, 0.2) is 0 Å². The zero-order valence-electron chi connectivity index (χ0n) is 14.0. The number of benzene rings is 1. The van der Waals surface area contributed by atoms with E-state index >= 15 is 0 Å². The van der Waals surface area contributed by atoms with E-state index in [9.17, 15) is 9.90 Å². The quantitative estimate of drug-likeness (QED) is 0.656. The van der Waals surface area contributed by atoms with Gasteiger partial charge in [0.2, 0.25) is 5.91 Å². The van der Waals surface area contributed by atoms with Crippen LogP contribution in [0.3, 0.4) is 0 Å². The van der Waals surface area contributed by atoms with Gasteiger partial charge in [0.25, 0.3) is 0 Å². The highest BCUT2D eigenvalue weighted by Crippen LogP contribution is 2.38. The van der Waals surface area contributed by atoms with Crippen molar-refractivity contribution in [2.24, 2.45) is 13.0 Å². The second-order valence-electron chi connectivity index (χ2n) is 6.77. The highest BCUT2D eigenvalue weighted by molar-refractivity contribution is 5.87. The van der Waals surface area contributed by atoms with Crippen molar-refractivity contribution in [1.82, 2.24) is 25.3 Å². The third-order valence-corrected chi connectivity index (χ3v) is 4.90. The molecule has 1 aliphatic carbocycles. The molecule has 1 fully saturated rings. The molecule has 7 nitrogen and oxygen atoms in total. The van der Waals surface area contributed by atoms with Crippen LogP contribution in [0.5, 0.6) is 0 Å². The molecule has 1 atom stereocenters. The van der Waals surface area contributed by atoms with Crippen LogP contribution in [-0.4, -0.2) is 37.1 Å². The summed E-state index contributed by atoms with van der Waals surface area (Å²) in [5, 5.41) is 25.1. The number of nitrogens with one attached hydrogen (secondary N) is 2. The predicted molar refractivity (Wildman–Crippen MR) is 92.6 cm³/mol. The zero-order chi connectivity index (χ0) is 17.4. The van der Waals surface area contributed by atoms with Gasteiger partial charge >= 0.3 is 0 Å². The molecular weight excluding hydrogens is 318 g/mol. The number of aromatic nitrogens is 4. The van der Waals surface area contributed by atoms with Gasteiger partial charge < -0.3 is 10.4 Å². The highest BCUT2D eigenvalue weighted by Gasteiger charge is 2.36. The van der Waals surface area contributed by atoms with Crippen molar-refractivity contribution in [3.05, 3.63) is 47.9 Å². The van der Waals surface area contributed by atoms with Crippen LogP contribution in [0, 0.1) is 5.92 Å². The number of carbonyl (C=O) groups excluding carboxylic acids is 1. The fraction of sp³-hybridized carbons (Fsp3) is 0.389.